The van der Waals surface area contributed by atoms with Crippen LogP contribution < -0.4 is 10.2 Å². The number of nitrogens with one attached hydrogen (secondary N) is 2. The lowest BCUT2D eigenvalue weighted by molar-refractivity contribution is 0.199. The molecule has 0 aliphatic carbocycles. The fourth-order valence-corrected chi connectivity index (χ4v) is 2.99. The molecule has 0 amide bonds. The van der Waals surface area contributed by atoms with Gasteiger partial charge in [0.1, 0.15) is 17.8 Å². The van der Waals surface area contributed by atoms with Crippen LogP contribution in [0.1, 0.15) is 6.42 Å². The van der Waals surface area contributed by atoms with Gasteiger partial charge in [-0.3, -0.25) is 0 Å². The van der Waals surface area contributed by atoms with Crippen molar-refractivity contribution in [2.75, 3.05) is 31.1 Å². The van der Waals surface area contributed by atoms with E-state index in [2.05, 4.69) is 31.2 Å². The molecule has 0 saturated carbocycles. The summed E-state index contributed by atoms with van der Waals surface area (Å²) in [6.45, 7) is 4.55. The van der Waals surface area contributed by atoms with Crippen LogP contribution in [0.2, 0.25) is 0 Å². The van der Waals surface area contributed by atoms with E-state index in [9.17, 15) is 0 Å². The second kappa shape index (κ2) is 5.15. The van der Waals surface area contributed by atoms with Gasteiger partial charge in [-0.25, -0.2) is 9.97 Å². The zero-order chi connectivity index (χ0) is 11.3. The number of fused-ring (bicyclic) bond motifs is 1. The Morgan fingerprint density at radius 2 is 2.05 bits per heavy atom. The van der Waals surface area contributed by atoms with E-state index in [1.807, 2.05) is 6.20 Å². The van der Waals surface area contributed by atoms with Gasteiger partial charge in [0.05, 0.1) is 5.39 Å². The Hall–Kier alpha value is -1.04. The molecule has 2 aromatic heterocycles. The molecule has 2 fully saturated rings. The molecule has 2 saturated heterocycles. The maximum absolute atomic E-state index is 4.46. The average Bonchev–Trinajstić information content (AvgIpc) is 2.94. The quantitative estimate of drug-likeness (QED) is 0.840. The summed E-state index contributed by atoms with van der Waals surface area (Å²) in [5.74, 6) is 1.08. The zero-order valence-corrected chi connectivity index (χ0v) is 12.1. The van der Waals surface area contributed by atoms with Crippen molar-refractivity contribution >= 4 is 41.7 Å². The molecule has 7 heteroatoms. The van der Waals surface area contributed by atoms with E-state index in [-0.39, 0.29) is 24.8 Å². The van der Waals surface area contributed by atoms with Crippen LogP contribution >= 0.6 is 24.8 Å². The molecule has 0 aromatic carbocycles. The first-order valence-electron chi connectivity index (χ1n) is 6.10. The normalized spacial score (nSPS) is 19.9. The molecular weight excluding hydrogens is 285 g/mol. The summed E-state index contributed by atoms with van der Waals surface area (Å²) in [6, 6.07) is 2.06. The maximum atomic E-state index is 4.46. The van der Waals surface area contributed by atoms with Crippen molar-refractivity contribution in [1.82, 2.24) is 20.3 Å². The van der Waals surface area contributed by atoms with Gasteiger partial charge in [-0.15, -0.1) is 24.8 Å². The van der Waals surface area contributed by atoms with Crippen molar-refractivity contribution in [1.29, 1.82) is 0 Å². The molecule has 4 heterocycles. The van der Waals surface area contributed by atoms with E-state index in [4.69, 9.17) is 0 Å². The van der Waals surface area contributed by atoms with Gasteiger partial charge >= 0.3 is 0 Å². The minimum atomic E-state index is 0. The molecule has 104 valence electrons. The fraction of sp³-hybridized carbons (Fsp3) is 0.500. The summed E-state index contributed by atoms with van der Waals surface area (Å²) in [6.07, 6.45) is 4.85. The van der Waals surface area contributed by atoms with Gasteiger partial charge in [-0.05, 0) is 12.5 Å². The summed E-state index contributed by atoms with van der Waals surface area (Å²) in [5, 5.41) is 4.52. The average molecular weight is 302 g/mol. The molecule has 0 atom stereocenters. The number of hydrogen-bond acceptors (Lipinski definition) is 4. The fourth-order valence-electron chi connectivity index (χ4n) is 2.99. The van der Waals surface area contributed by atoms with Gasteiger partial charge in [-0.2, -0.15) is 0 Å². The summed E-state index contributed by atoms with van der Waals surface area (Å²) in [5.41, 5.74) is 1.44. The Morgan fingerprint density at radius 1 is 1.21 bits per heavy atom. The van der Waals surface area contributed by atoms with Crippen LogP contribution in [-0.2, 0) is 0 Å². The minimum Gasteiger partial charge on any atom is -0.355 e. The lowest BCUT2D eigenvalue weighted by Crippen LogP contribution is -2.54. The largest absolute Gasteiger partial charge is 0.355 e. The number of nitrogens with zero attached hydrogens (tertiary/aromatic N) is 3. The summed E-state index contributed by atoms with van der Waals surface area (Å²) in [4.78, 5) is 14.2. The Bertz CT molecular complexity index is 566. The minimum absolute atomic E-state index is 0. The first-order valence-corrected chi connectivity index (χ1v) is 6.10. The number of aromatic amines is 1. The Balaban J connectivity index is 0.000000667. The van der Waals surface area contributed by atoms with Gasteiger partial charge < -0.3 is 15.2 Å². The molecule has 2 aromatic rings. The van der Waals surface area contributed by atoms with Gasteiger partial charge in [0.15, 0.2) is 0 Å². The number of aromatic nitrogens is 3. The standard InChI is InChI=1S/C12H15N5.2ClH/c1-3-14-10-9(1)11(16-8-15-10)17-4-2-12(7-17)5-13-6-12;;/h1,3,8,13H,2,4-7H2,(H,14,15,16);2*1H. The number of rotatable bonds is 1. The third-order valence-corrected chi connectivity index (χ3v) is 4.07. The monoisotopic (exact) mass is 301 g/mol. The van der Waals surface area contributed by atoms with Gasteiger partial charge in [0.2, 0.25) is 0 Å². The first kappa shape index (κ1) is 14.4. The molecule has 5 nitrogen and oxygen atoms in total. The van der Waals surface area contributed by atoms with E-state index in [0.29, 0.717) is 5.41 Å². The molecule has 19 heavy (non-hydrogen) atoms. The maximum Gasteiger partial charge on any atom is 0.142 e. The highest BCUT2D eigenvalue weighted by molar-refractivity contribution is 5.87. The smallest absolute Gasteiger partial charge is 0.142 e. The van der Waals surface area contributed by atoms with E-state index in [1.165, 1.54) is 6.42 Å². The Morgan fingerprint density at radius 3 is 2.74 bits per heavy atom. The molecule has 4 rings (SSSR count). The number of halogens is 2. The van der Waals surface area contributed by atoms with Crippen molar-refractivity contribution in [3.8, 4) is 0 Å². The highest BCUT2D eigenvalue weighted by Gasteiger charge is 2.43. The van der Waals surface area contributed by atoms with Crippen LogP contribution in [0.5, 0.6) is 0 Å². The topological polar surface area (TPSA) is 56.8 Å². The number of hydrogen-bond donors (Lipinski definition) is 2. The Kier molecular flexibility index (Phi) is 3.90. The van der Waals surface area contributed by atoms with Gasteiger partial charge in [0.25, 0.3) is 0 Å². The highest BCUT2D eigenvalue weighted by atomic mass is 35.5. The predicted molar refractivity (Wildman–Crippen MR) is 80.5 cm³/mol. The zero-order valence-electron chi connectivity index (χ0n) is 10.4. The highest BCUT2D eigenvalue weighted by Crippen LogP contribution is 2.37. The van der Waals surface area contributed by atoms with Crippen molar-refractivity contribution in [3.05, 3.63) is 18.6 Å². The molecule has 2 N–H and O–H groups in total. The Labute approximate surface area is 124 Å². The first-order chi connectivity index (χ1) is 8.36. The van der Waals surface area contributed by atoms with E-state index in [0.717, 1.165) is 43.0 Å². The molecule has 1 spiro atoms. The summed E-state index contributed by atoms with van der Waals surface area (Å²) < 4.78 is 0. The van der Waals surface area contributed by atoms with Crippen molar-refractivity contribution in [3.63, 3.8) is 0 Å². The van der Waals surface area contributed by atoms with Crippen molar-refractivity contribution in [2.24, 2.45) is 5.41 Å². The third-order valence-electron chi connectivity index (χ3n) is 4.07. The third kappa shape index (κ3) is 2.16. The van der Waals surface area contributed by atoms with Crippen molar-refractivity contribution in [2.45, 2.75) is 6.42 Å². The SMILES string of the molecule is Cl.Cl.c1nc(N2CCC3(CNC3)C2)c2cc[nH]c2n1. The van der Waals surface area contributed by atoms with Gasteiger partial charge in [0, 0.05) is 37.8 Å². The van der Waals surface area contributed by atoms with E-state index in [1.54, 1.807) is 6.33 Å². The van der Waals surface area contributed by atoms with E-state index >= 15 is 0 Å². The number of H-pyrrole nitrogens is 1. The van der Waals surface area contributed by atoms with Crippen LogP contribution in [0.15, 0.2) is 18.6 Å². The second-order valence-electron chi connectivity index (χ2n) is 5.21. The predicted octanol–water partition coefficient (Wildman–Crippen LogP) is 1.60. The summed E-state index contributed by atoms with van der Waals surface area (Å²) in [7, 11) is 0. The van der Waals surface area contributed by atoms with Crippen LogP contribution in [0, 0.1) is 5.41 Å². The molecule has 2 aliphatic heterocycles. The molecule has 0 bridgehead atoms. The van der Waals surface area contributed by atoms with Crippen LogP contribution in [0.4, 0.5) is 5.82 Å². The molecule has 0 unspecified atom stereocenters. The summed E-state index contributed by atoms with van der Waals surface area (Å²) >= 11 is 0. The van der Waals surface area contributed by atoms with E-state index < -0.39 is 0 Å². The van der Waals surface area contributed by atoms with Gasteiger partial charge in [-0.1, -0.05) is 0 Å². The second-order valence-corrected chi connectivity index (χ2v) is 5.21. The lowest BCUT2D eigenvalue weighted by Gasteiger charge is -2.39. The van der Waals surface area contributed by atoms with Crippen molar-refractivity contribution < 1.29 is 0 Å². The lowest BCUT2D eigenvalue weighted by atomic mass is 9.81. The molecule has 2 aliphatic rings. The van der Waals surface area contributed by atoms with Crippen LogP contribution in [-0.4, -0.2) is 41.1 Å². The molecule has 0 radical (unpaired) electrons. The van der Waals surface area contributed by atoms with Crippen LogP contribution in [0.3, 0.4) is 0 Å². The van der Waals surface area contributed by atoms with Crippen LogP contribution in [0.25, 0.3) is 11.0 Å². The molecular formula is C12H17Cl2N5. The number of anilines is 1.